The number of benzene rings is 3. The van der Waals surface area contributed by atoms with E-state index in [4.69, 9.17) is 9.15 Å². The van der Waals surface area contributed by atoms with Gasteiger partial charge in [-0.05, 0) is 48.9 Å². The number of aryl methyl sites for hydroxylation is 1. The molecule has 0 atom stereocenters. The maximum atomic E-state index is 12.8. The highest BCUT2D eigenvalue weighted by molar-refractivity contribution is 6.05. The minimum atomic E-state index is -0.503. The van der Waals surface area contributed by atoms with Crippen LogP contribution in [0.4, 0.5) is 11.4 Å². The van der Waals surface area contributed by atoms with Crippen molar-refractivity contribution in [2.45, 2.75) is 6.92 Å². The van der Waals surface area contributed by atoms with Gasteiger partial charge in [-0.3, -0.25) is 14.9 Å². The minimum absolute atomic E-state index is 0.0656. The molecule has 1 amide bonds. The van der Waals surface area contributed by atoms with E-state index >= 15 is 0 Å². The van der Waals surface area contributed by atoms with Crippen LogP contribution in [0.5, 0.6) is 5.75 Å². The molecule has 0 aliphatic heterocycles. The maximum Gasteiger partial charge on any atom is 0.344 e. The summed E-state index contributed by atoms with van der Waals surface area (Å²) >= 11 is 0. The summed E-state index contributed by atoms with van der Waals surface area (Å²) in [4.78, 5) is 35.8. The lowest BCUT2D eigenvalue weighted by Crippen LogP contribution is -2.13. The zero-order chi connectivity index (χ0) is 22.8. The Hall–Kier alpha value is -4.46. The number of hydrogen-bond donors (Lipinski definition) is 1. The second-order valence-corrected chi connectivity index (χ2v) is 7.11. The molecule has 3 aromatic carbocycles. The molecule has 0 saturated heterocycles. The van der Waals surface area contributed by atoms with Gasteiger partial charge in [0.15, 0.2) is 0 Å². The van der Waals surface area contributed by atoms with Crippen molar-refractivity contribution in [1.82, 2.24) is 0 Å². The lowest BCUT2D eigenvalue weighted by atomic mass is 10.0. The molecule has 4 aromatic rings. The van der Waals surface area contributed by atoms with Crippen LogP contribution in [0.3, 0.4) is 0 Å². The standard InChI is InChI=1S/C24H18N2O6/c1-14-11-17(7-9-20(14)26(29)30)23(27)25-19-13-15(8-10-22(19)31-2)18-12-16-5-3-4-6-21(16)32-24(18)28/h3-13H,1-2H3,(H,25,27). The Bertz CT molecular complexity index is 1420. The van der Waals surface area contributed by atoms with E-state index < -0.39 is 16.5 Å². The average molecular weight is 430 g/mol. The molecule has 1 aromatic heterocycles. The van der Waals surface area contributed by atoms with Crippen LogP contribution in [0, 0.1) is 17.0 Å². The van der Waals surface area contributed by atoms with Crippen LogP contribution in [-0.2, 0) is 0 Å². The van der Waals surface area contributed by atoms with Crippen LogP contribution in [0.15, 0.2) is 75.9 Å². The zero-order valence-corrected chi connectivity index (χ0v) is 17.2. The van der Waals surface area contributed by atoms with E-state index in [1.54, 1.807) is 43.3 Å². The van der Waals surface area contributed by atoms with Crippen molar-refractivity contribution < 1.29 is 18.9 Å². The number of nitrogens with zero attached hydrogens (tertiary/aromatic N) is 1. The van der Waals surface area contributed by atoms with Crippen molar-refractivity contribution in [2.75, 3.05) is 12.4 Å². The third-order valence-electron chi connectivity index (χ3n) is 5.06. The second kappa shape index (κ2) is 8.35. The molecule has 0 fully saturated rings. The van der Waals surface area contributed by atoms with E-state index in [2.05, 4.69) is 5.32 Å². The van der Waals surface area contributed by atoms with Crippen LogP contribution in [-0.4, -0.2) is 17.9 Å². The van der Waals surface area contributed by atoms with Gasteiger partial charge in [0.2, 0.25) is 0 Å². The van der Waals surface area contributed by atoms with E-state index in [1.165, 1.54) is 25.3 Å². The van der Waals surface area contributed by atoms with Gasteiger partial charge in [-0.1, -0.05) is 24.3 Å². The molecule has 0 spiro atoms. The van der Waals surface area contributed by atoms with Crippen molar-refractivity contribution >= 4 is 28.3 Å². The molecule has 8 heteroatoms. The van der Waals surface area contributed by atoms with Crippen molar-refractivity contribution in [1.29, 1.82) is 0 Å². The van der Waals surface area contributed by atoms with Gasteiger partial charge in [-0.2, -0.15) is 0 Å². The fourth-order valence-corrected chi connectivity index (χ4v) is 3.43. The summed E-state index contributed by atoms with van der Waals surface area (Å²) in [5.41, 5.74) is 1.77. The number of anilines is 1. The van der Waals surface area contributed by atoms with Crippen molar-refractivity contribution in [2.24, 2.45) is 0 Å². The normalized spacial score (nSPS) is 10.7. The first-order valence-electron chi connectivity index (χ1n) is 9.65. The van der Waals surface area contributed by atoms with Gasteiger partial charge in [-0.15, -0.1) is 0 Å². The first-order valence-corrected chi connectivity index (χ1v) is 9.65. The van der Waals surface area contributed by atoms with Crippen LogP contribution in [0.1, 0.15) is 15.9 Å². The molecule has 1 heterocycles. The van der Waals surface area contributed by atoms with E-state index in [0.29, 0.717) is 33.7 Å². The molecule has 0 unspecified atom stereocenters. The number of rotatable bonds is 5. The van der Waals surface area contributed by atoms with Crippen LogP contribution in [0.25, 0.3) is 22.1 Å². The summed E-state index contributed by atoms with van der Waals surface area (Å²) in [6, 6.07) is 18.0. The Morgan fingerprint density at radius 1 is 1.06 bits per heavy atom. The number of carbonyl (C=O) groups excluding carboxylic acids is 1. The SMILES string of the molecule is COc1ccc(-c2cc3ccccc3oc2=O)cc1NC(=O)c1ccc([N+](=O)[O-])c(C)c1. The molecule has 0 aliphatic carbocycles. The molecule has 0 saturated carbocycles. The Balaban J connectivity index is 1.71. The first kappa shape index (κ1) is 20.8. The zero-order valence-electron chi connectivity index (χ0n) is 17.2. The lowest BCUT2D eigenvalue weighted by Gasteiger charge is -2.12. The maximum absolute atomic E-state index is 12.8. The third kappa shape index (κ3) is 3.93. The largest absolute Gasteiger partial charge is 0.495 e. The summed E-state index contributed by atoms with van der Waals surface area (Å²) in [5, 5.41) is 14.5. The smallest absolute Gasteiger partial charge is 0.344 e. The van der Waals surface area contributed by atoms with Gasteiger partial charge in [-0.25, -0.2) is 4.79 Å². The Morgan fingerprint density at radius 3 is 2.56 bits per heavy atom. The minimum Gasteiger partial charge on any atom is -0.495 e. The topological polar surface area (TPSA) is 112 Å². The predicted octanol–water partition coefficient (Wildman–Crippen LogP) is 4.94. The van der Waals surface area contributed by atoms with E-state index in [0.717, 1.165) is 5.39 Å². The number of fused-ring (bicyclic) bond motifs is 1. The molecule has 0 bridgehead atoms. The number of methoxy groups -OCH3 is 1. The van der Waals surface area contributed by atoms with Gasteiger partial charge in [0.05, 0.1) is 23.3 Å². The Kier molecular flexibility index (Phi) is 5.43. The fraction of sp³-hybridized carbons (Fsp3) is 0.0833. The molecular weight excluding hydrogens is 412 g/mol. The van der Waals surface area contributed by atoms with E-state index in [1.807, 2.05) is 12.1 Å². The molecule has 160 valence electrons. The molecule has 8 nitrogen and oxygen atoms in total. The van der Waals surface area contributed by atoms with Crippen molar-refractivity contribution in [3.05, 3.63) is 98.4 Å². The Morgan fingerprint density at radius 2 is 1.84 bits per heavy atom. The van der Waals surface area contributed by atoms with Gasteiger partial charge in [0.25, 0.3) is 11.6 Å². The van der Waals surface area contributed by atoms with Crippen LogP contribution < -0.4 is 15.7 Å². The number of carbonyl (C=O) groups is 1. The molecule has 0 radical (unpaired) electrons. The number of hydrogen-bond acceptors (Lipinski definition) is 6. The number of para-hydroxylation sites is 1. The summed E-state index contributed by atoms with van der Waals surface area (Å²) in [6.07, 6.45) is 0. The van der Waals surface area contributed by atoms with Gasteiger partial charge in [0, 0.05) is 22.6 Å². The third-order valence-corrected chi connectivity index (χ3v) is 5.06. The molecule has 4 rings (SSSR count). The number of nitrogens with one attached hydrogen (secondary N) is 1. The number of ether oxygens (including phenoxy) is 1. The average Bonchev–Trinajstić information content (AvgIpc) is 2.78. The highest BCUT2D eigenvalue weighted by Gasteiger charge is 2.17. The van der Waals surface area contributed by atoms with E-state index in [-0.39, 0.29) is 11.3 Å². The van der Waals surface area contributed by atoms with Crippen molar-refractivity contribution in [3.63, 3.8) is 0 Å². The predicted molar refractivity (Wildman–Crippen MR) is 120 cm³/mol. The van der Waals surface area contributed by atoms with Gasteiger partial charge in [0.1, 0.15) is 11.3 Å². The second-order valence-electron chi connectivity index (χ2n) is 7.11. The number of nitro benzene ring substituents is 1. The van der Waals surface area contributed by atoms with Crippen LogP contribution in [0.2, 0.25) is 0 Å². The molecule has 0 aliphatic rings. The highest BCUT2D eigenvalue weighted by atomic mass is 16.6. The monoisotopic (exact) mass is 430 g/mol. The summed E-state index contributed by atoms with van der Waals surface area (Å²) in [7, 11) is 1.46. The highest BCUT2D eigenvalue weighted by Crippen LogP contribution is 2.31. The number of nitro groups is 1. The molecule has 32 heavy (non-hydrogen) atoms. The first-order chi connectivity index (χ1) is 15.4. The Labute approximate surface area is 182 Å². The van der Waals surface area contributed by atoms with Gasteiger partial charge < -0.3 is 14.5 Å². The molecular formula is C24H18N2O6. The quantitative estimate of drug-likeness (QED) is 0.273. The summed E-state index contributed by atoms with van der Waals surface area (Å²) in [5.74, 6) is -0.0742. The summed E-state index contributed by atoms with van der Waals surface area (Å²) < 4.78 is 10.8. The van der Waals surface area contributed by atoms with E-state index in [9.17, 15) is 19.7 Å². The fourth-order valence-electron chi connectivity index (χ4n) is 3.43. The molecule has 1 N–H and O–H groups in total. The van der Waals surface area contributed by atoms with Crippen LogP contribution >= 0.6 is 0 Å². The van der Waals surface area contributed by atoms with Crippen molar-refractivity contribution in [3.8, 4) is 16.9 Å². The lowest BCUT2D eigenvalue weighted by molar-refractivity contribution is -0.385. The van der Waals surface area contributed by atoms with Gasteiger partial charge >= 0.3 is 5.63 Å². The summed E-state index contributed by atoms with van der Waals surface area (Å²) in [6.45, 7) is 1.56. The number of amides is 1.